The number of hydrogen-bond donors (Lipinski definition) is 4. The van der Waals surface area contributed by atoms with Gasteiger partial charge in [0.1, 0.15) is 17.3 Å². The average molecular weight is 466 g/mol. The third kappa shape index (κ3) is 4.45. The van der Waals surface area contributed by atoms with Crippen LogP contribution in [0.25, 0.3) is 11.4 Å². The molecule has 1 aromatic heterocycles. The van der Waals surface area contributed by atoms with Crippen LogP contribution in [0.3, 0.4) is 0 Å². The normalized spacial score (nSPS) is 24.2. The molecule has 5 rings (SSSR count). The summed E-state index contributed by atoms with van der Waals surface area (Å²) in [4.78, 5) is 5.14. The van der Waals surface area contributed by atoms with Crippen LogP contribution in [0, 0.1) is 0 Å². The minimum atomic E-state index is 0.0944. The number of benzene rings is 1. The number of anilines is 1. The van der Waals surface area contributed by atoms with E-state index in [0.717, 1.165) is 32.0 Å². The van der Waals surface area contributed by atoms with Crippen molar-refractivity contribution in [3.8, 4) is 5.75 Å². The molecule has 2 aromatic rings. The highest BCUT2D eigenvalue weighted by molar-refractivity contribution is 5.78. The first-order valence-corrected chi connectivity index (χ1v) is 12.2. The van der Waals surface area contributed by atoms with Crippen molar-refractivity contribution in [1.82, 2.24) is 14.7 Å². The van der Waals surface area contributed by atoms with Crippen molar-refractivity contribution >= 4 is 17.1 Å². The minimum Gasteiger partial charge on any atom is -0.507 e. The number of rotatable bonds is 5. The van der Waals surface area contributed by atoms with Gasteiger partial charge in [-0.15, -0.1) is 0 Å². The van der Waals surface area contributed by atoms with Crippen molar-refractivity contribution in [2.75, 3.05) is 31.2 Å². The smallest absolute Gasteiger partial charge is 0.124 e. The summed E-state index contributed by atoms with van der Waals surface area (Å²) in [5.74, 6) is 0.192. The van der Waals surface area contributed by atoms with E-state index < -0.39 is 0 Å². The molecule has 2 bridgehead atoms. The average Bonchev–Trinajstić information content (AvgIpc) is 3.32. The van der Waals surface area contributed by atoms with Gasteiger partial charge in [0.05, 0.1) is 43.4 Å². The maximum Gasteiger partial charge on any atom is 0.124 e. The molecule has 3 heterocycles. The molecule has 0 radical (unpaired) electrons. The quantitative estimate of drug-likeness (QED) is 0.492. The van der Waals surface area contributed by atoms with Gasteiger partial charge in [-0.2, -0.15) is 5.10 Å². The molecule has 7 N–H and O–H groups in total. The monoisotopic (exact) mass is 465 g/mol. The van der Waals surface area contributed by atoms with Crippen LogP contribution in [0.2, 0.25) is 0 Å². The number of morpholine rings is 1. The largest absolute Gasteiger partial charge is 0.507 e. The molecule has 2 saturated heterocycles. The van der Waals surface area contributed by atoms with Crippen LogP contribution in [-0.2, 0) is 4.74 Å². The second-order valence-corrected chi connectivity index (χ2v) is 9.59. The molecule has 2 atom stereocenters. The van der Waals surface area contributed by atoms with Gasteiger partial charge in [-0.1, -0.05) is 31.4 Å². The highest BCUT2D eigenvalue weighted by Gasteiger charge is 2.42. The molecule has 9 heteroatoms. The number of hydrogen-bond acceptors (Lipinski definition) is 8. The summed E-state index contributed by atoms with van der Waals surface area (Å²) in [6, 6.07) is 8.36. The van der Waals surface area contributed by atoms with Gasteiger partial charge in [-0.3, -0.25) is 4.90 Å². The van der Waals surface area contributed by atoms with Gasteiger partial charge in [-0.05, 0) is 31.1 Å². The molecule has 3 fully saturated rings. The van der Waals surface area contributed by atoms with Crippen LogP contribution >= 0.6 is 0 Å². The Morgan fingerprint density at radius 3 is 2.38 bits per heavy atom. The number of fused-ring (bicyclic) bond motifs is 2. The highest BCUT2D eigenvalue weighted by atomic mass is 16.5. The van der Waals surface area contributed by atoms with Gasteiger partial charge in [0.15, 0.2) is 0 Å². The Hall–Kier alpha value is -3.17. The number of nitrogens with two attached hydrogens (primary N) is 3. The number of phenolic OH excluding ortho intramolecular Hbond substituents is 1. The van der Waals surface area contributed by atoms with E-state index in [0.29, 0.717) is 35.1 Å². The topological polar surface area (TPSA) is 132 Å². The van der Waals surface area contributed by atoms with Gasteiger partial charge in [0.25, 0.3) is 0 Å². The van der Waals surface area contributed by atoms with Gasteiger partial charge < -0.3 is 31.9 Å². The van der Waals surface area contributed by atoms with Gasteiger partial charge in [0, 0.05) is 30.4 Å². The van der Waals surface area contributed by atoms with E-state index in [1.54, 1.807) is 29.0 Å². The molecule has 1 aliphatic carbocycles. The second kappa shape index (κ2) is 9.60. The number of piperazine rings is 1. The van der Waals surface area contributed by atoms with Crippen molar-refractivity contribution in [3.05, 3.63) is 54.1 Å². The van der Waals surface area contributed by atoms with Crippen LogP contribution < -0.4 is 22.1 Å². The third-order valence-electron chi connectivity index (χ3n) is 7.31. The molecule has 34 heavy (non-hydrogen) atoms. The zero-order chi connectivity index (χ0) is 23.7. The van der Waals surface area contributed by atoms with E-state index in [1.807, 2.05) is 18.5 Å². The highest BCUT2D eigenvalue weighted by Crippen LogP contribution is 2.33. The molecular formula is C25H35N7O2. The Labute approximate surface area is 200 Å². The molecule has 182 valence electrons. The van der Waals surface area contributed by atoms with Crippen LogP contribution in [0.5, 0.6) is 5.75 Å². The lowest BCUT2D eigenvalue weighted by atomic mass is 9.90. The molecule has 0 amide bonds. The number of nitrogens with zero attached hydrogens (tertiary/aromatic N) is 4. The van der Waals surface area contributed by atoms with Crippen molar-refractivity contribution in [3.63, 3.8) is 0 Å². The number of para-hydroxylation sites is 1. The number of phenols is 1. The Morgan fingerprint density at radius 2 is 1.71 bits per heavy atom. The maximum absolute atomic E-state index is 10.1. The van der Waals surface area contributed by atoms with Gasteiger partial charge in [-0.25, -0.2) is 4.68 Å². The molecule has 1 aromatic carbocycles. The molecule has 0 spiro atoms. The molecule has 2 aliphatic heterocycles. The van der Waals surface area contributed by atoms with Crippen LogP contribution in [0.15, 0.2) is 48.6 Å². The van der Waals surface area contributed by atoms with Crippen molar-refractivity contribution in [1.29, 1.82) is 0 Å². The fraction of sp³-hybridized carbons (Fsp3) is 0.480. The van der Waals surface area contributed by atoms with E-state index in [9.17, 15) is 5.11 Å². The van der Waals surface area contributed by atoms with Crippen molar-refractivity contribution in [2.24, 2.45) is 17.2 Å². The molecule has 9 nitrogen and oxygen atoms in total. The third-order valence-corrected chi connectivity index (χ3v) is 7.31. The van der Waals surface area contributed by atoms with Crippen LogP contribution in [-0.4, -0.2) is 64.2 Å². The zero-order valence-electron chi connectivity index (χ0n) is 19.5. The first-order valence-electron chi connectivity index (χ1n) is 12.2. The SMILES string of the molecule is NC(N)=C(/C=C(\N)c1ccccc1O)n1cc(N2CC3COCC(C2)N3C2CCCCC2)cn1. The maximum atomic E-state index is 10.1. The van der Waals surface area contributed by atoms with Crippen molar-refractivity contribution in [2.45, 2.75) is 50.2 Å². The summed E-state index contributed by atoms with van der Waals surface area (Å²) in [7, 11) is 0. The van der Waals surface area contributed by atoms with Crippen LogP contribution in [0.4, 0.5) is 5.69 Å². The van der Waals surface area contributed by atoms with Crippen molar-refractivity contribution < 1.29 is 9.84 Å². The zero-order valence-corrected chi connectivity index (χ0v) is 19.5. The Kier molecular flexibility index (Phi) is 6.38. The Balaban J connectivity index is 1.35. The predicted molar refractivity (Wildman–Crippen MR) is 133 cm³/mol. The van der Waals surface area contributed by atoms with E-state index in [1.165, 1.54) is 32.1 Å². The summed E-state index contributed by atoms with van der Waals surface area (Å²) in [5.41, 5.74) is 20.6. The summed E-state index contributed by atoms with van der Waals surface area (Å²) >= 11 is 0. The van der Waals surface area contributed by atoms with E-state index >= 15 is 0 Å². The number of allylic oxidation sites excluding steroid dienone is 2. The van der Waals surface area contributed by atoms with E-state index in [2.05, 4.69) is 14.9 Å². The summed E-state index contributed by atoms with van der Waals surface area (Å²) < 4.78 is 7.59. The Morgan fingerprint density at radius 1 is 1.00 bits per heavy atom. The second-order valence-electron chi connectivity index (χ2n) is 9.59. The Bertz CT molecular complexity index is 1050. The molecule has 3 aliphatic rings. The predicted octanol–water partition coefficient (Wildman–Crippen LogP) is 1.85. The molecule has 2 unspecified atom stereocenters. The number of aromatic nitrogens is 2. The molecular weight excluding hydrogens is 430 g/mol. The van der Waals surface area contributed by atoms with E-state index in [-0.39, 0.29) is 11.6 Å². The first-order chi connectivity index (χ1) is 16.5. The van der Waals surface area contributed by atoms with Gasteiger partial charge >= 0.3 is 0 Å². The fourth-order valence-corrected chi connectivity index (χ4v) is 5.71. The molecule has 1 saturated carbocycles. The number of aromatic hydroxyl groups is 1. The minimum absolute atomic E-state index is 0.0944. The summed E-state index contributed by atoms with van der Waals surface area (Å²) in [5, 5.41) is 14.7. The fourth-order valence-electron chi connectivity index (χ4n) is 5.71. The lowest BCUT2D eigenvalue weighted by Crippen LogP contribution is -2.67. The summed E-state index contributed by atoms with van der Waals surface area (Å²) in [6.45, 7) is 3.37. The van der Waals surface area contributed by atoms with Gasteiger partial charge in [0.2, 0.25) is 0 Å². The van der Waals surface area contributed by atoms with E-state index in [4.69, 9.17) is 21.9 Å². The lowest BCUT2D eigenvalue weighted by molar-refractivity contribution is -0.0841. The first kappa shape index (κ1) is 22.6. The summed E-state index contributed by atoms with van der Waals surface area (Å²) in [6.07, 6.45) is 12.1. The standard InChI is InChI=1S/C25H35N7O2/c26-22(21-8-4-5-9-24(21)33)10-23(25(27)28)31-14-18(11-29-31)30-12-19-15-34-16-20(13-30)32(19)17-6-2-1-3-7-17/h4-5,8-11,14,17,19-20,33H,1-3,6-7,12-13,15-16,26-28H2/b22-10-. The number of ether oxygens (including phenoxy) is 1. The lowest BCUT2D eigenvalue weighted by Gasteiger charge is -2.53. The van der Waals surface area contributed by atoms with Crippen LogP contribution in [0.1, 0.15) is 37.7 Å².